The van der Waals surface area contributed by atoms with Crippen LogP contribution in [0.2, 0.25) is 0 Å². The zero-order chi connectivity index (χ0) is 33.9. The summed E-state index contributed by atoms with van der Waals surface area (Å²) in [5, 5.41) is 23.3. The molecule has 0 aliphatic rings. The molecule has 0 aliphatic carbocycles. The summed E-state index contributed by atoms with van der Waals surface area (Å²) in [4.78, 5) is 29.5. The first-order valence-electron chi connectivity index (χ1n) is 17.9. The number of phenols is 1. The number of phenolic OH excluding ortho intramolecular Hbond substituents is 1. The highest BCUT2D eigenvalue weighted by atomic mass is 16.7. The van der Waals surface area contributed by atoms with Crippen LogP contribution in [0.3, 0.4) is 0 Å². The van der Waals surface area contributed by atoms with E-state index in [1.54, 1.807) is 6.92 Å². The highest BCUT2D eigenvalue weighted by Crippen LogP contribution is 2.43. The van der Waals surface area contributed by atoms with Crippen molar-refractivity contribution in [3.05, 3.63) is 28.8 Å². The molecule has 0 radical (unpaired) electrons. The minimum Gasteiger partial charge on any atom is -0.507 e. The number of amides is 1. The normalized spacial score (nSPS) is 13.4. The summed E-state index contributed by atoms with van der Waals surface area (Å²) in [6.45, 7) is 16.2. The van der Waals surface area contributed by atoms with Gasteiger partial charge in [-0.2, -0.15) is 0 Å². The van der Waals surface area contributed by atoms with Gasteiger partial charge >= 0.3 is 12.1 Å². The van der Waals surface area contributed by atoms with Gasteiger partial charge in [0, 0.05) is 0 Å². The van der Waals surface area contributed by atoms with Gasteiger partial charge < -0.3 is 19.8 Å². The van der Waals surface area contributed by atoms with Crippen LogP contribution in [0.25, 0.3) is 0 Å². The second-order valence-corrected chi connectivity index (χ2v) is 15.0. The van der Waals surface area contributed by atoms with Crippen LogP contribution in [0, 0.1) is 0 Å². The number of carbonyl (C=O) groups excluding carboxylic acids is 2. The topological polar surface area (TPSA) is 105 Å². The van der Waals surface area contributed by atoms with Gasteiger partial charge in [0.1, 0.15) is 11.4 Å². The van der Waals surface area contributed by atoms with Crippen LogP contribution in [0.1, 0.15) is 188 Å². The maximum Gasteiger partial charge on any atom is 0.440 e. The lowest BCUT2D eigenvalue weighted by atomic mass is 9.75. The van der Waals surface area contributed by atoms with Gasteiger partial charge in [-0.05, 0) is 53.0 Å². The van der Waals surface area contributed by atoms with Crippen molar-refractivity contribution in [3.8, 4) is 5.75 Å². The summed E-state index contributed by atoms with van der Waals surface area (Å²) in [6.07, 6.45) is 19.2. The first kappa shape index (κ1) is 40.7. The monoisotopic (exact) mass is 633 g/mol. The highest BCUT2D eigenvalue weighted by molar-refractivity contribution is 5.74. The van der Waals surface area contributed by atoms with Crippen molar-refractivity contribution >= 4 is 12.1 Å². The molecule has 1 aromatic carbocycles. The minimum atomic E-state index is -1.53. The Hall–Kier alpha value is -2.28. The molecule has 0 aliphatic heterocycles. The molecule has 45 heavy (non-hydrogen) atoms. The Balaban J connectivity index is 2.77. The average Bonchev–Trinajstić information content (AvgIpc) is 2.95. The lowest BCUT2D eigenvalue weighted by molar-refractivity contribution is -0.156. The fraction of sp³-hybridized carbons (Fsp3) is 0.789. The third-order valence-electron chi connectivity index (χ3n) is 8.67. The second-order valence-electron chi connectivity index (χ2n) is 15.0. The van der Waals surface area contributed by atoms with Crippen LogP contribution < -0.4 is 5.48 Å². The molecule has 1 atom stereocenters. The van der Waals surface area contributed by atoms with Gasteiger partial charge in [0.2, 0.25) is 0 Å². The van der Waals surface area contributed by atoms with Gasteiger partial charge in [0.15, 0.2) is 0 Å². The smallest absolute Gasteiger partial charge is 0.440 e. The number of unbranched alkanes of at least 4 members (excludes halogenated alkanes) is 15. The average molecular weight is 634 g/mol. The molecule has 1 aromatic rings. The molecule has 0 fully saturated rings. The third-order valence-corrected chi connectivity index (χ3v) is 8.67. The van der Waals surface area contributed by atoms with Crippen molar-refractivity contribution in [1.29, 1.82) is 0 Å². The van der Waals surface area contributed by atoms with Crippen molar-refractivity contribution < 1.29 is 29.4 Å². The Kier molecular flexibility index (Phi) is 18.8. The molecule has 0 saturated carbocycles. The summed E-state index contributed by atoms with van der Waals surface area (Å²) >= 11 is 0. The SMILES string of the molecule is CCCCCCCCCCCCCCCCCCC(O)(CC(=O)ONC(=O)OCC)c1cc(C(C)(C)C)c(O)c(C(C)(C)C)c1. The first-order chi connectivity index (χ1) is 21.2. The Labute approximate surface area is 275 Å². The maximum absolute atomic E-state index is 12.8. The van der Waals surface area contributed by atoms with E-state index in [1.165, 1.54) is 83.5 Å². The van der Waals surface area contributed by atoms with Crippen molar-refractivity contribution in [1.82, 2.24) is 5.48 Å². The van der Waals surface area contributed by atoms with Crippen LogP contribution in [0.5, 0.6) is 5.75 Å². The van der Waals surface area contributed by atoms with Crippen LogP contribution in [-0.2, 0) is 30.8 Å². The zero-order valence-electron chi connectivity index (χ0n) is 30.1. The fourth-order valence-corrected chi connectivity index (χ4v) is 5.88. The number of benzene rings is 1. The van der Waals surface area contributed by atoms with Gasteiger partial charge in [0.25, 0.3) is 0 Å². The lowest BCUT2D eigenvalue weighted by Crippen LogP contribution is -2.35. The summed E-state index contributed by atoms with van der Waals surface area (Å²) in [7, 11) is 0. The van der Waals surface area contributed by atoms with Crippen molar-refractivity contribution in [2.24, 2.45) is 0 Å². The van der Waals surface area contributed by atoms with Gasteiger partial charge in [-0.25, -0.2) is 9.59 Å². The van der Waals surface area contributed by atoms with Crippen LogP contribution >= 0.6 is 0 Å². The molecule has 1 amide bonds. The Bertz CT molecular complexity index is 958. The number of hydrogen-bond donors (Lipinski definition) is 3. The summed E-state index contributed by atoms with van der Waals surface area (Å²) in [6, 6.07) is 3.65. The predicted molar refractivity (Wildman–Crippen MR) is 184 cm³/mol. The Morgan fingerprint density at radius 3 is 1.47 bits per heavy atom. The number of aliphatic hydroxyl groups is 1. The maximum atomic E-state index is 12.8. The second kappa shape index (κ2) is 20.8. The standard InChI is InChI=1S/C38H67NO6/c1-9-11-12-13-14-15-16-17-18-19-20-21-22-23-24-25-26-38(43,29-33(40)45-39-35(42)44-10-2)30-27-31(36(3,4)5)34(41)32(28-30)37(6,7)8/h27-28,41,43H,9-26,29H2,1-8H3,(H,39,42). The Morgan fingerprint density at radius 2 is 1.09 bits per heavy atom. The lowest BCUT2D eigenvalue weighted by Gasteiger charge is -2.33. The van der Waals surface area contributed by atoms with Crippen molar-refractivity contribution in [2.75, 3.05) is 6.61 Å². The van der Waals surface area contributed by atoms with E-state index >= 15 is 0 Å². The van der Waals surface area contributed by atoms with E-state index in [0.29, 0.717) is 23.1 Å². The van der Waals surface area contributed by atoms with E-state index in [-0.39, 0.29) is 29.6 Å². The van der Waals surface area contributed by atoms with Crippen LogP contribution in [0.4, 0.5) is 4.79 Å². The van der Waals surface area contributed by atoms with Crippen LogP contribution in [0.15, 0.2) is 12.1 Å². The molecular formula is C38H67NO6. The molecule has 3 N–H and O–H groups in total. The molecule has 260 valence electrons. The molecular weight excluding hydrogens is 566 g/mol. The molecule has 0 heterocycles. The van der Waals surface area contributed by atoms with Gasteiger partial charge in [-0.1, -0.05) is 151 Å². The minimum absolute atomic E-state index is 0.144. The quantitative estimate of drug-likeness (QED) is 0.0919. The van der Waals surface area contributed by atoms with E-state index in [4.69, 9.17) is 9.57 Å². The Morgan fingerprint density at radius 1 is 0.689 bits per heavy atom. The number of nitrogens with one attached hydrogen (secondary N) is 1. The highest BCUT2D eigenvalue weighted by Gasteiger charge is 2.37. The summed E-state index contributed by atoms with van der Waals surface area (Å²) < 4.78 is 4.77. The van der Waals surface area contributed by atoms with E-state index in [0.717, 1.165) is 19.3 Å². The van der Waals surface area contributed by atoms with Gasteiger partial charge in [-0.15, -0.1) is 5.48 Å². The van der Waals surface area contributed by atoms with Crippen LogP contribution in [-0.4, -0.2) is 28.9 Å². The number of hydroxylamine groups is 1. The number of ether oxygens (including phenoxy) is 1. The zero-order valence-corrected chi connectivity index (χ0v) is 30.1. The number of aromatic hydroxyl groups is 1. The molecule has 0 saturated heterocycles. The molecule has 7 heteroatoms. The third kappa shape index (κ3) is 16.2. The molecule has 0 bridgehead atoms. The molecule has 7 nitrogen and oxygen atoms in total. The fourth-order valence-electron chi connectivity index (χ4n) is 5.88. The predicted octanol–water partition coefficient (Wildman–Crippen LogP) is 10.4. The van der Waals surface area contributed by atoms with E-state index in [9.17, 15) is 19.8 Å². The summed E-state index contributed by atoms with van der Waals surface area (Å²) in [5.41, 5.74) is 1.70. The van der Waals surface area contributed by atoms with Crippen molar-refractivity contribution in [2.45, 2.75) is 187 Å². The van der Waals surface area contributed by atoms with E-state index in [2.05, 4.69) is 6.92 Å². The summed E-state index contributed by atoms with van der Waals surface area (Å²) in [5.74, 6) is -0.542. The molecule has 1 rings (SSSR count). The van der Waals surface area contributed by atoms with Gasteiger partial charge in [0.05, 0.1) is 13.0 Å². The number of rotatable bonds is 21. The number of carbonyl (C=O) groups is 2. The van der Waals surface area contributed by atoms with E-state index in [1.807, 2.05) is 59.2 Å². The van der Waals surface area contributed by atoms with Gasteiger partial charge in [-0.3, -0.25) is 0 Å². The van der Waals surface area contributed by atoms with E-state index < -0.39 is 17.7 Å². The largest absolute Gasteiger partial charge is 0.507 e. The molecule has 0 aromatic heterocycles. The molecule has 1 unspecified atom stereocenters. The first-order valence-corrected chi connectivity index (χ1v) is 17.9. The number of hydrogen-bond acceptors (Lipinski definition) is 6. The van der Waals surface area contributed by atoms with Crippen molar-refractivity contribution in [3.63, 3.8) is 0 Å². The molecule has 0 spiro atoms.